The third-order valence-electron chi connectivity index (χ3n) is 4.80. The van der Waals surface area contributed by atoms with Gasteiger partial charge in [0.05, 0.1) is 20.8 Å². The van der Waals surface area contributed by atoms with Crippen molar-refractivity contribution in [1.29, 1.82) is 0 Å². The van der Waals surface area contributed by atoms with Gasteiger partial charge in [-0.15, -0.1) is 0 Å². The van der Waals surface area contributed by atoms with Crippen LogP contribution >= 0.6 is 11.3 Å². The highest BCUT2D eigenvalue weighted by atomic mass is 32.1. The molecule has 1 aromatic carbocycles. The number of thiazole rings is 1. The minimum atomic E-state index is -0.236. The third-order valence-corrected chi connectivity index (χ3v) is 5.89. The number of pyridine rings is 1. The quantitative estimate of drug-likeness (QED) is 0.428. The zero-order valence-electron chi connectivity index (χ0n) is 17.8. The van der Waals surface area contributed by atoms with E-state index in [0.29, 0.717) is 34.4 Å². The topological polar surface area (TPSA) is 82.4 Å². The summed E-state index contributed by atoms with van der Waals surface area (Å²) < 4.78 is 13.5. The van der Waals surface area contributed by atoms with Gasteiger partial charge in [0.15, 0.2) is 10.8 Å². The Labute approximate surface area is 184 Å². The number of carbonyl (C=O) groups is 1. The second kappa shape index (κ2) is 8.73. The van der Waals surface area contributed by atoms with Gasteiger partial charge < -0.3 is 9.47 Å². The molecule has 0 fully saturated rings. The Kier molecular flexibility index (Phi) is 5.85. The standard InChI is InChI=1S/C22H23N5O3S/c1-14(2)27-11-9-16(25-27)21(28)26(13-15-6-5-10-23-12-15)22-24-19-17(29-3)7-8-18(30-4)20(19)31-22/h5-12,14H,13H2,1-4H3. The van der Waals surface area contributed by atoms with E-state index >= 15 is 0 Å². The normalized spacial score (nSPS) is 11.1. The lowest BCUT2D eigenvalue weighted by Crippen LogP contribution is -2.31. The van der Waals surface area contributed by atoms with Crippen molar-refractivity contribution in [3.8, 4) is 11.5 Å². The number of aromatic nitrogens is 4. The van der Waals surface area contributed by atoms with Crippen LogP contribution in [0.2, 0.25) is 0 Å². The van der Waals surface area contributed by atoms with Crippen LogP contribution in [0.5, 0.6) is 11.5 Å². The van der Waals surface area contributed by atoms with Crippen LogP contribution in [0.25, 0.3) is 10.2 Å². The second-order valence-electron chi connectivity index (χ2n) is 7.17. The Morgan fingerprint density at radius 3 is 2.58 bits per heavy atom. The highest BCUT2D eigenvalue weighted by Gasteiger charge is 2.25. The number of rotatable bonds is 7. The molecule has 0 aliphatic carbocycles. The van der Waals surface area contributed by atoms with Gasteiger partial charge in [0, 0.05) is 24.6 Å². The van der Waals surface area contributed by atoms with E-state index in [9.17, 15) is 4.79 Å². The first-order valence-electron chi connectivity index (χ1n) is 9.79. The van der Waals surface area contributed by atoms with Crippen LogP contribution in [0.15, 0.2) is 48.9 Å². The molecule has 1 amide bonds. The van der Waals surface area contributed by atoms with E-state index < -0.39 is 0 Å². The summed E-state index contributed by atoms with van der Waals surface area (Å²) in [5.41, 5.74) is 1.90. The van der Waals surface area contributed by atoms with Gasteiger partial charge in [-0.05, 0) is 43.7 Å². The smallest absolute Gasteiger partial charge is 0.280 e. The number of benzene rings is 1. The summed E-state index contributed by atoms with van der Waals surface area (Å²) in [6, 6.07) is 9.30. The number of hydrogen-bond donors (Lipinski definition) is 0. The van der Waals surface area contributed by atoms with Crippen molar-refractivity contribution in [2.24, 2.45) is 0 Å². The molecule has 4 rings (SSSR count). The SMILES string of the molecule is COc1ccc(OC)c2sc(N(Cc3cccnc3)C(=O)c3ccn(C(C)C)n3)nc12. The average molecular weight is 438 g/mol. The zero-order valence-corrected chi connectivity index (χ0v) is 18.6. The molecular weight excluding hydrogens is 414 g/mol. The van der Waals surface area contributed by atoms with Crippen molar-refractivity contribution in [1.82, 2.24) is 19.7 Å². The molecule has 0 radical (unpaired) electrons. The summed E-state index contributed by atoms with van der Waals surface area (Å²) in [5.74, 6) is 1.06. The molecule has 0 saturated heterocycles. The van der Waals surface area contributed by atoms with Crippen molar-refractivity contribution in [2.45, 2.75) is 26.4 Å². The lowest BCUT2D eigenvalue weighted by atomic mass is 10.2. The van der Waals surface area contributed by atoms with Crippen LogP contribution in [0.4, 0.5) is 5.13 Å². The second-order valence-corrected chi connectivity index (χ2v) is 8.15. The fraction of sp³-hybridized carbons (Fsp3) is 0.273. The van der Waals surface area contributed by atoms with Gasteiger partial charge in [0.25, 0.3) is 5.91 Å². The van der Waals surface area contributed by atoms with Crippen molar-refractivity contribution in [3.63, 3.8) is 0 Å². The van der Waals surface area contributed by atoms with Crippen LogP contribution in [-0.2, 0) is 6.54 Å². The molecule has 9 heteroatoms. The summed E-state index contributed by atoms with van der Waals surface area (Å²) in [6.45, 7) is 4.34. The summed E-state index contributed by atoms with van der Waals surface area (Å²) in [5, 5.41) is 4.99. The van der Waals surface area contributed by atoms with Gasteiger partial charge >= 0.3 is 0 Å². The number of methoxy groups -OCH3 is 2. The Morgan fingerprint density at radius 2 is 1.94 bits per heavy atom. The number of anilines is 1. The molecule has 0 saturated carbocycles. The van der Waals surface area contributed by atoms with Gasteiger partial charge in [0.2, 0.25) is 0 Å². The number of fused-ring (bicyclic) bond motifs is 1. The van der Waals surface area contributed by atoms with Gasteiger partial charge in [-0.2, -0.15) is 5.10 Å². The number of hydrogen-bond acceptors (Lipinski definition) is 7. The molecule has 8 nitrogen and oxygen atoms in total. The molecule has 0 bridgehead atoms. The van der Waals surface area contributed by atoms with E-state index in [2.05, 4.69) is 10.1 Å². The lowest BCUT2D eigenvalue weighted by molar-refractivity contribution is 0.0979. The molecule has 0 unspecified atom stereocenters. The van der Waals surface area contributed by atoms with Crippen LogP contribution in [-0.4, -0.2) is 39.9 Å². The number of amides is 1. The maximum Gasteiger partial charge on any atom is 0.280 e. The minimum Gasteiger partial charge on any atom is -0.495 e. The van der Waals surface area contributed by atoms with E-state index in [-0.39, 0.29) is 11.9 Å². The predicted octanol–water partition coefficient (Wildman–Crippen LogP) is 4.33. The van der Waals surface area contributed by atoms with E-state index in [1.54, 1.807) is 42.3 Å². The monoisotopic (exact) mass is 437 g/mol. The molecule has 4 aromatic rings. The molecule has 0 N–H and O–H groups in total. The molecule has 31 heavy (non-hydrogen) atoms. The summed E-state index contributed by atoms with van der Waals surface area (Å²) in [6.07, 6.45) is 5.25. The van der Waals surface area contributed by atoms with E-state index in [1.165, 1.54) is 11.3 Å². The third kappa shape index (κ3) is 4.09. The molecule has 3 heterocycles. The molecule has 0 aliphatic heterocycles. The lowest BCUT2D eigenvalue weighted by Gasteiger charge is -2.18. The number of ether oxygens (including phenoxy) is 2. The highest BCUT2D eigenvalue weighted by Crippen LogP contribution is 2.40. The highest BCUT2D eigenvalue weighted by molar-refractivity contribution is 7.22. The number of carbonyl (C=O) groups excluding carboxylic acids is 1. The predicted molar refractivity (Wildman–Crippen MR) is 120 cm³/mol. The largest absolute Gasteiger partial charge is 0.495 e. The van der Waals surface area contributed by atoms with Crippen molar-refractivity contribution in [2.75, 3.05) is 19.1 Å². The van der Waals surface area contributed by atoms with Gasteiger partial charge in [-0.3, -0.25) is 19.4 Å². The zero-order chi connectivity index (χ0) is 22.0. The molecule has 0 atom stereocenters. The minimum absolute atomic E-state index is 0.157. The first kappa shape index (κ1) is 20.8. The van der Waals surface area contributed by atoms with Crippen LogP contribution in [0.3, 0.4) is 0 Å². The van der Waals surface area contributed by atoms with Crippen LogP contribution < -0.4 is 14.4 Å². The molecular formula is C22H23N5O3S. The summed E-state index contributed by atoms with van der Waals surface area (Å²) >= 11 is 1.38. The molecule has 3 aromatic heterocycles. The fourth-order valence-corrected chi connectivity index (χ4v) is 4.24. The van der Waals surface area contributed by atoms with Gasteiger partial charge in [-0.1, -0.05) is 17.4 Å². The fourth-order valence-electron chi connectivity index (χ4n) is 3.17. The van der Waals surface area contributed by atoms with E-state index in [4.69, 9.17) is 14.5 Å². The van der Waals surface area contributed by atoms with Crippen LogP contribution in [0.1, 0.15) is 35.9 Å². The van der Waals surface area contributed by atoms with Crippen molar-refractivity contribution >= 4 is 32.6 Å². The summed E-state index contributed by atoms with van der Waals surface area (Å²) in [7, 11) is 3.20. The Hall–Kier alpha value is -3.46. The number of nitrogens with zero attached hydrogens (tertiary/aromatic N) is 5. The first-order chi connectivity index (χ1) is 15.0. The Bertz CT molecular complexity index is 1160. The maximum absolute atomic E-state index is 13.5. The summed E-state index contributed by atoms with van der Waals surface area (Å²) in [4.78, 5) is 24.0. The van der Waals surface area contributed by atoms with E-state index in [0.717, 1.165) is 10.3 Å². The van der Waals surface area contributed by atoms with Crippen LogP contribution in [0, 0.1) is 0 Å². The average Bonchev–Trinajstić information content (AvgIpc) is 3.45. The van der Waals surface area contributed by atoms with Crippen molar-refractivity contribution in [3.05, 3.63) is 60.2 Å². The van der Waals surface area contributed by atoms with Crippen molar-refractivity contribution < 1.29 is 14.3 Å². The first-order valence-corrected chi connectivity index (χ1v) is 10.6. The molecule has 0 spiro atoms. The van der Waals surface area contributed by atoms with Gasteiger partial charge in [0.1, 0.15) is 21.7 Å². The molecule has 160 valence electrons. The molecule has 0 aliphatic rings. The van der Waals surface area contributed by atoms with E-state index in [1.807, 2.05) is 44.3 Å². The maximum atomic E-state index is 13.5. The Morgan fingerprint density at radius 1 is 1.16 bits per heavy atom. The Balaban J connectivity index is 1.81. The van der Waals surface area contributed by atoms with Gasteiger partial charge in [-0.25, -0.2) is 4.98 Å².